The summed E-state index contributed by atoms with van der Waals surface area (Å²) in [6.45, 7) is 13.2. The van der Waals surface area contributed by atoms with Crippen molar-refractivity contribution in [1.29, 1.82) is 0 Å². The molecule has 19 heavy (non-hydrogen) atoms. The highest BCUT2D eigenvalue weighted by Gasteiger charge is 2.21. The number of nitrogens with zero attached hydrogens (tertiary/aromatic N) is 2. The minimum absolute atomic E-state index is 0.0309. The summed E-state index contributed by atoms with van der Waals surface area (Å²) in [6, 6.07) is 0. The molecule has 1 amide bonds. The summed E-state index contributed by atoms with van der Waals surface area (Å²) in [5, 5.41) is 6.86. The zero-order valence-corrected chi connectivity index (χ0v) is 13.4. The van der Waals surface area contributed by atoms with Crippen LogP contribution in [0, 0.1) is 5.41 Å². The van der Waals surface area contributed by atoms with Crippen LogP contribution in [0.1, 0.15) is 47.4 Å². The van der Waals surface area contributed by atoms with Crippen molar-refractivity contribution in [1.82, 2.24) is 14.7 Å². The van der Waals surface area contributed by atoms with Gasteiger partial charge in [-0.15, -0.1) is 0 Å². The fraction of sp³-hybridized carbons (Fsp3) is 0.769. The molecule has 1 heterocycles. The molecule has 0 atom stereocenters. The molecule has 0 aliphatic carbocycles. The largest absolute Gasteiger partial charge is 0.359 e. The van der Waals surface area contributed by atoms with Gasteiger partial charge < -0.3 is 10.6 Å². The first-order valence-electron chi connectivity index (χ1n) is 6.47. The van der Waals surface area contributed by atoms with Crippen LogP contribution in [0.3, 0.4) is 0 Å². The highest BCUT2D eigenvalue weighted by atomic mass is 32.1. The maximum Gasteiger partial charge on any atom is 0.225 e. The van der Waals surface area contributed by atoms with E-state index in [1.54, 1.807) is 0 Å². The zero-order valence-electron chi connectivity index (χ0n) is 12.6. The Balaban J connectivity index is 2.35. The smallest absolute Gasteiger partial charge is 0.225 e. The van der Waals surface area contributed by atoms with Crippen LogP contribution in [0.2, 0.25) is 0 Å². The number of amides is 1. The molecule has 0 spiro atoms. The van der Waals surface area contributed by atoms with E-state index in [0.717, 1.165) is 11.0 Å². The molecule has 1 aromatic rings. The molecule has 6 heteroatoms. The average Bonchev–Trinajstić information content (AvgIpc) is 2.70. The number of carbonyl (C=O) groups is 1. The number of aromatic nitrogens is 2. The fourth-order valence-electron chi connectivity index (χ4n) is 1.21. The summed E-state index contributed by atoms with van der Waals surface area (Å²) in [5.41, 5.74) is -0.376. The molecule has 0 aliphatic rings. The second-order valence-corrected chi connectivity index (χ2v) is 7.36. The molecule has 108 valence electrons. The summed E-state index contributed by atoms with van der Waals surface area (Å²) >= 11 is 1.36. The van der Waals surface area contributed by atoms with Gasteiger partial charge >= 0.3 is 0 Å². The predicted octanol–water partition coefficient (Wildman–Crippen LogP) is 2.41. The average molecular weight is 284 g/mol. The highest BCUT2D eigenvalue weighted by molar-refractivity contribution is 7.09. The quantitative estimate of drug-likeness (QED) is 0.833. The first kappa shape index (κ1) is 15.9. The number of carbonyl (C=O) groups excluding carboxylic acids is 1. The Morgan fingerprint density at radius 2 is 1.79 bits per heavy atom. The molecule has 0 fully saturated rings. The lowest BCUT2D eigenvalue weighted by atomic mass is 9.96. The van der Waals surface area contributed by atoms with Crippen LogP contribution in [-0.2, 0) is 10.2 Å². The van der Waals surface area contributed by atoms with Gasteiger partial charge in [-0.1, -0.05) is 41.5 Å². The molecule has 0 radical (unpaired) electrons. The van der Waals surface area contributed by atoms with Gasteiger partial charge in [-0.05, 0) is 0 Å². The lowest BCUT2D eigenvalue weighted by Gasteiger charge is -2.17. The van der Waals surface area contributed by atoms with Gasteiger partial charge in [-0.2, -0.15) is 4.37 Å². The Morgan fingerprint density at radius 1 is 1.16 bits per heavy atom. The Morgan fingerprint density at radius 3 is 2.26 bits per heavy atom. The molecule has 0 aromatic carbocycles. The van der Waals surface area contributed by atoms with E-state index in [9.17, 15) is 4.79 Å². The maximum absolute atomic E-state index is 11.6. The van der Waals surface area contributed by atoms with Crippen molar-refractivity contribution < 1.29 is 4.79 Å². The normalized spacial score (nSPS) is 12.3. The van der Waals surface area contributed by atoms with E-state index in [1.165, 1.54) is 11.5 Å². The van der Waals surface area contributed by atoms with Gasteiger partial charge in [0.15, 0.2) is 0 Å². The van der Waals surface area contributed by atoms with Crippen LogP contribution in [-0.4, -0.2) is 28.4 Å². The van der Waals surface area contributed by atoms with Crippen molar-refractivity contribution in [2.45, 2.75) is 47.0 Å². The Labute approximate surface area is 119 Å². The summed E-state index contributed by atoms with van der Waals surface area (Å²) in [6.07, 6.45) is 0. The van der Waals surface area contributed by atoms with E-state index in [2.05, 4.69) is 40.8 Å². The SMILES string of the molecule is CC(C)(C)C(=O)NCCNc1nc(C(C)(C)C)ns1. The lowest BCUT2D eigenvalue weighted by Crippen LogP contribution is -2.37. The predicted molar refractivity (Wildman–Crippen MR) is 79.6 cm³/mol. The zero-order chi connectivity index (χ0) is 14.7. The van der Waals surface area contributed by atoms with E-state index in [-0.39, 0.29) is 16.7 Å². The van der Waals surface area contributed by atoms with Crippen LogP contribution in [0.4, 0.5) is 5.13 Å². The van der Waals surface area contributed by atoms with Crippen molar-refractivity contribution in [2.24, 2.45) is 5.41 Å². The molecule has 2 N–H and O–H groups in total. The summed E-state index contributed by atoms with van der Waals surface area (Å²) < 4.78 is 4.32. The van der Waals surface area contributed by atoms with E-state index in [4.69, 9.17) is 0 Å². The Hall–Kier alpha value is -1.17. The minimum Gasteiger partial charge on any atom is -0.359 e. The third-order valence-electron chi connectivity index (χ3n) is 2.46. The van der Waals surface area contributed by atoms with Crippen molar-refractivity contribution in [2.75, 3.05) is 18.4 Å². The van der Waals surface area contributed by atoms with E-state index >= 15 is 0 Å². The van der Waals surface area contributed by atoms with Gasteiger partial charge in [0.25, 0.3) is 0 Å². The van der Waals surface area contributed by atoms with E-state index < -0.39 is 0 Å². The third-order valence-corrected chi connectivity index (χ3v) is 3.14. The number of anilines is 1. The fourth-order valence-corrected chi connectivity index (χ4v) is 1.99. The van der Waals surface area contributed by atoms with Gasteiger partial charge in [0.2, 0.25) is 11.0 Å². The minimum atomic E-state index is -0.345. The van der Waals surface area contributed by atoms with Crippen molar-refractivity contribution in [3.63, 3.8) is 0 Å². The first-order valence-corrected chi connectivity index (χ1v) is 7.24. The summed E-state index contributed by atoms with van der Waals surface area (Å²) in [7, 11) is 0. The molecule has 0 aliphatic heterocycles. The van der Waals surface area contributed by atoms with E-state index in [1.807, 2.05) is 20.8 Å². The molecule has 0 saturated heterocycles. The number of rotatable bonds is 4. The third kappa shape index (κ3) is 5.14. The second kappa shape index (κ2) is 5.86. The number of hydrogen-bond acceptors (Lipinski definition) is 5. The molecule has 0 saturated carbocycles. The monoisotopic (exact) mass is 284 g/mol. The second-order valence-electron chi connectivity index (χ2n) is 6.61. The Bertz CT molecular complexity index is 429. The van der Waals surface area contributed by atoms with Crippen LogP contribution >= 0.6 is 11.5 Å². The van der Waals surface area contributed by atoms with Gasteiger partial charge in [-0.3, -0.25) is 4.79 Å². The molecule has 5 nitrogen and oxygen atoms in total. The standard InChI is InChI=1S/C13H24N4OS/c1-12(2,3)9-16-11(19-17-9)15-8-7-14-10(18)13(4,5)6/h7-8H2,1-6H3,(H,14,18)(H,15,16,17). The topological polar surface area (TPSA) is 66.9 Å². The van der Waals surface area contributed by atoms with Gasteiger partial charge in [0.05, 0.1) is 0 Å². The van der Waals surface area contributed by atoms with Crippen LogP contribution < -0.4 is 10.6 Å². The van der Waals surface area contributed by atoms with Crippen LogP contribution in [0.15, 0.2) is 0 Å². The summed E-state index contributed by atoms with van der Waals surface area (Å²) in [4.78, 5) is 16.1. The van der Waals surface area contributed by atoms with Gasteiger partial charge in [0, 0.05) is 35.5 Å². The summed E-state index contributed by atoms with van der Waals surface area (Å²) in [5.74, 6) is 0.903. The highest BCUT2D eigenvalue weighted by Crippen LogP contribution is 2.22. The first-order chi connectivity index (χ1) is 8.60. The van der Waals surface area contributed by atoms with Crippen LogP contribution in [0.25, 0.3) is 0 Å². The van der Waals surface area contributed by atoms with Gasteiger partial charge in [0.1, 0.15) is 5.82 Å². The number of hydrogen-bond donors (Lipinski definition) is 2. The number of nitrogens with one attached hydrogen (secondary N) is 2. The van der Waals surface area contributed by atoms with Crippen molar-refractivity contribution in [3.05, 3.63) is 5.82 Å². The Kier molecular flexibility index (Phi) is 4.90. The lowest BCUT2D eigenvalue weighted by molar-refractivity contribution is -0.128. The maximum atomic E-state index is 11.6. The van der Waals surface area contributed by atoms with Gasteiger partial charge in [-0.25, -0.2) is 4.98 Å². The van der Waals surface area contributed by atoms with Crippen LogP contribution in [0.5, 0.6) is 0 Å². The van der Waals surface area contributed by atoms with Crippen molar-refractivity contribution in [3.8, 4) is 0 Å². The molecular formula is C13H24N4OS. The molecule has 0 unspecified atom stereocenters. The molecule has 1 rings (SSSR count). The molecule has 1 aromatic heterocycles. The molecule has 0 bridgehead atoms. The van der Waals surface area contributed by atoms with E-state index in [0.29, 0.717) is 13.1 Å². The molecular weight excluding hydrogens is 260 g/mol. The van der Waals surface area contributed by atoms with Crippen molar-refractivity contribution >= 4 is 22.6 Å².